The Morgan fingerprint density at radius 1 is 1.28 bits per heavy atom. The zero-order valence-electron chi connectivity index (χ0n) is 11.5. The van der Waals surface area contributed by atoms with Crippen LogP contribution in [-0.2, 0) is 0 Å². The maximum atomic E-state index is 12.2. The first-order chi connectivity index (χ1) is 8.56. The van der Waals surface area contributed by atoms with E-state index in [2.05, 4.69) is 30.2 Å². The summed E-state index contributed by atoms with van der Waals surface area (Å²) >= 11 is 0. The molecule has 1 heterocycles. The molecule has 3 heteroatoms. The second-order valence-electron chi connectivity index (χ2n) is 4.76. The number of rotatable bonds is 4. The molecule has 2 aromatic rings. The molecule has 1 aromatic heterocycles. The standard InChI is InChI=1S/C15H20N2O/c1-5-16-8-13(18)14-11(4)17-15-10(3)9(2)6-7-12(14)15/h6-7,16-17H,5,8H2,1-4H3. The summed E-state index contributed by atoms with van der Waals surface area (Å²) in [4.78, 5) is 15.6. The topological polar surface area (TPSA) is 44.9 Å². The quantitative estimate of drug-likeness (QED) is 0.812. The van der Waals surface area contributed by atoms with Gasteiger partial charge < -0.3 is 10.3 Å². The summed E-state index contributed by atoms with van der Waals surface area (Å²) in [6, 6.07) is 4.12. The fourth-order valence-corrected chi connectivity index (χ4v) is 2.32. The van der Waals surface area contributed by atoms with Crippen LogP contribution >= 0.6 is 0 Å². The maximum Gasteiger partial charge on any atom is 0.179 e. The Balaban J connectivity index is 2.54. The lowest BCUT2D eigenvalue weighted by Gasteiger charge is -2.03. The molecular weight excluding hydrogens is 224 g/mol. The molecule has 0 atom stereocenters. The highest BCUT2D eigenvalue weighted by Gasteiger charge is 2.16. The molecule has 0 saturated carbocycles. The minimum absolute atomic E-state index is 0.156. The van der Waals surface area contributed by atoms with Crippen molar-refractivity contribution in [3.63, 3.8) is 0 Å². The highest BCUT2D eigenvalue weighted by Crippen LogP contribution is 2.26. The second-order valence-corrected chi connectivity index (χ2v) is 4.76. The van der Waals surface area contributed by atoms with Crippen LogP contribution in [0, 0.1) is 20.8 Å². The molecule has 0 saturated heterocycles. The SMILES string of the molecule is CCNCC(=O)c1c(C)[nH]c2c(C)c(C)ccc12. The number of aromatic amines is 1. The minimum Gasteiger partial charge on any atom is -0.358 e. The molecule has 0 spiro atoms. The van der Waals surface area contributed by atoms with E-state index in [9.17, 15) is 4.79 Å². The molecule has 1 aromatic carbocycles. The van der Waals surface area contributed by atoms with Crippen LogP contribution in [0.2, 0.25) is 0 Å². The van der Waals surface area contributed by atoms with E-state index in [-0.39, 0.29) is 5.78 Å². The molecule has 0 radical (unpaired) electrons. The van der Waals surface area contributed by atoms with E-state index in [1.165, 1.54) is 11.1 Å². The van der Waals surface area contributed by atoms with Crippen molar-refractivity contribution in [2.45, 2.75) is 27.7 Å². The summed E-state index contributed by atoms with van der Waals surface area (Å²) in [5.41, 5.74) is 5.34. The van der Waals surface area contributed by atoms with Gasteiger partial charge in [0.15, 0.2) is 5.78 Å². The number of carbonyl (C=O) groups is 1. The maximum absolute atomic E-state index is 12.2. The van der Waals surface area contributed by atoms with E-state index in [0.29, 0.717) is 6.54 Å². The van der Waals surface area contributed by atoms with Gasteiger partial charge in [-0.15, -0.1) is 0 Å². The molecule has 0 unspecified atom stereocenters. The van der Waals surface area contributed by atoms with E-state index in [1.807, 2.05) is 19.9 Å². The summed E-state index contributed by atoms with van der Waals surface area (Å²) < 4.78 is 0. The van der Waals surface area contributed by atoms with Crippen LogP contribution < -0.4 is 5.32 Å². The third-order valence-electron chi connectivity index (χ3n) is 3.51. The predicted octanol–water partition coefficient (Wildman–Crippen LogP) is 2.89. The van der Waals surface area contributed by atoms with Crippen LogP contribution in [0.15, 0.2) is 12.1 Å². The number of fused-ring (bicyclic) bond motifs is 1. The van der Waals surface area contributed by atoms with Gasteiger partial charge in [0.1, 0.15) is 0 Å². The number of Topliss-reactive ketones (excluding diaryl/α,β-unsaturated/α-hetero) is 1. The van der Waals surface area contributed by atoms with Crippen LogP contribution in [0.3, 0.4) is 0 Å². The van der Waals surface area contributed by atoms with Gasteiger partial charge >= 0.3 is 0 Å². The smallest absolute Gasteiger partial charge is 0.179 e. The third-order valence-corrected chi connectivity index (χ3v) is 3.51. The average Bonchev–Trinajstić information content (AvgIpc) is 2.68. The summed E-state index contributed by atoms with van der Waals surface area (Å²) in [6.45, 7) is 9.36. The van der Waals surface area contributed by atoms with Gasteiger partial charge in [0.2, 0.25) is 0 Å². The van der Waals surface area contributed by atoms with Crippen LogP contribution in [0.1, 0.15) is 34.1 Å². The number of H-pyrrole nitrogens is 1. The molecule has 0 aliphatic carbocycles. The van der Waals surface area contributed by atoms with Crippen LogP contribution in [-0.4, -0.2) is 23.9 Å². The number of hydrogen-bond donors (Lipinski definition) is 2. The Morgan fingerprint density at radius 3 is 2.67 bits per heavy atom. The monoisotopic (exact) mass is 244 g/mol. The fraction of sp³-hybridized carbons (Fsp3) is 0.400. The third kappa shape index (κ3) is 2.06. The Labute approximate surface area is 108 Å². The van der Waals surface area contributed by atoms with Gasteiger partial charge in [-0.25, -0.2) is 0 Å². The number of benzene rings is 1. The van der Waals surface area contributed by atoms with Gasteiger partial charge in [-0.2, -0.15) is 0 Å². The Kier molecular flexibility index (Phi) is 3.53. The van der Waals surface area contributed by atoms with Gasteiger partial charge in [0, 0.05) is 22.2 Å². The first-order valence-electron chi connectivity index (χ1n) is 6.38. The summed E-state index contributed by atoms with van der Waals surface area (Å²) in [5.74, 6) is 0.156. The zero-order chi connectivity index (χ0) is 13.3. The number of likely N-dealkylation sites (N-methyl/N-ethyl adjacent to an activating group) is 1. The van der Waals surface area contributed by atoms with Gasteiger partial charge in [0.25, 0.3) is 0 Å². The Bertz CT molecular complexity index is 596. The normalized spacial score (nSPS) is 11.1. The van der Waals surface area contributed by atoms with Crippen molar-refractivity contribution in [2.24, 2.45) is 0 Å². The number of ketones is 1. The zero-order valence-corrected chi connectivity index (χ0v) is 11.5. The predicted molar refractivity (Wildman–Crippen MR) is 75.4 cm³/mol. The number of nitrogens with one attached hydrogen (secondary N) is 2. The highest BCUT2D eigenvalue weighted by molar-refractivity contribution is 6.10. The Morgan fingerprint density at radius 2 is 2.00 bits per heavy atom. The summed E-state index contributed by atoms with van der Waals surface area (Å²) in [5, 5.41) is 4.13. The van der Waals surface area contributed by atoms with Crippen molar-refractivity contribution >= 4 is 16.7 Å². The second kappa shape index (κ2) is 4.94. The van der Waals surface area contributed by atoms with Crippen LogP contribution in [0.4, 0.5) is 0 Å². The van der Waals surface area contributed by atoms with Gasteiger partial charge in [-0.3, -0.25) is 4.79 Å². The first-order valence-corrected chi connectivity index (χ1v) is 6.38. The van der Waals surface area contributed by atoms with Crippen LogP contribution in [0.5, 0.6) is 0 Å². The molecular formula is C15H20N2O. The molecule has 0 bridgehead atoms. The van der Waals surface area contributed by atoms with Crippen molar-refractivity contribution in [2.75, 3.05) is 13.1 Å². The number of aryl methyl sites for hydroxylation is 3. The van der Waals surface area contributed by atoms with Gasteiger partial charge in [-0.1, -0.05) is 19.1 Å². The lowest BCUT2D eigenvalue weighted by Crippen LogP contribution is -2.22. The fourth-order valence-electron chi connectivity index (χ4n) is 2.32. The molecule has 0 aliphatic heterocycles. The number of hydrogen-bond acceptors (Lipinski definition) is 2. The molecule has 0 aliphatic rings. The lowest BCUT2D eigenvalue weighted by molar-refractivity contribution is 0.0993. The van der Waals surface area contributed by atoms with Crippen molar-refractivity contribution in [1.82, 2.24) is 10.3 Å². The largest absolute Gasteiger partial charge is 0.358 e. The number of aromatic nitrogens is 1. The van der Waals surface area contributed by atoms with Crippen molar-refractivity contribution in [3.8, 4) is 0 Å². The molecule has 18 heavy (non-hydrogen) atoms. The highest BCUT2D eigenvalue weighted by atomic mass is 16.1. The minimum atomic E-state index is 0.156. The van der Waals surface area contributed by atoms with Crippen molar-refractivity contribution in [3.05, 3.63) is 34.5 Å². The first kappa shape index (κ1) is 12.8. The lowest BCUT2D eigenvalue weighted by atomic mass is 10.0. The van der Waals surface area contributed by atoms with E-state index in [1.54, 1.807) is 0 Å². The molecule has 96 valence electrons. The number of carbonyl (C=O) groups excluding carboxylic acids is 1. The van der Waals surface area contributed by atoms with Crippen molar-refractivity contribution in [1.29, 1.82) is 0 Å². The molecule has 3 nitrogen and oxygen atoms in total. The molecule has 0 amide bonds. The summed E-state index contributed by atoms with van der Waals surface area (Å²) in [7, 11) is 0. The van der Waals surface area contributed by atoms with Gasteiger partial charge in [0.05, 0.1) is 6.54 Å². The van der Waals surface area contributed by atoms with Gasteiger partial charge in [-0.05, 0) is 38.4 Å². The van der Waals surface area contributed by atoms with E-state index in [4.69, 9.17) is 0 Å². The average molecular weight is 244 g/mol. The van der Waals surface area contributed by atoms with Crippen LogP contribution in [0.25, 0.3) is 10.9 Å². The molecule has 2 rings (SSSR count). The van der Waals surface area contributed by atoms with Crippen molar-refractivity contribution < 1.29 is 4.79 Å². The molecule has 0 fully saturated rings. The molecule has 2 N–H and O–H groups in total. The summed E-state index contributed by atoms with van der Waals surface area (Å²) in [6.07, 6.45) is 0. The Hall–Kier alpha value is -1.61. The van der Waals surface area contributed by atoms with E-state index >= 15 is 0 Å². The van der Waals surface area contributed by atoms with E-state index in [0.717, 1.165) is 28.7 Å². The van der Waals surface area contributed by atoms with E-state index < -0.39 is 0 Å².